The molecule has 2 nitrogen and oxygen atoms in total. The Bertz CT molecular complexity index is 3680. The van der Waals surface area contributed by atoms with E-state index >= 15 is 0 Å². The molecule has 11 rings (SSSR count). The van der Waals surface area contributed by atoms with Crippen LogP contribution in [0.1, 0.15) is 11.0 Å². The lowest BCUT2D eigenvalue weighted by molar-refractivity contribution is 0.672. The summed E-state index contributed by atoms with van der Waals surface area (Å²) in [6.07, 6.45) is 0. The van der Waals surface area contributed by atoms with E-state index in [-0.39, 0.29) is 46.7 Å². The van der Waals surface area contributed by atoms with Crippen molar-refractivity contribution in [2.45, 2.75) is 0 Å². The van der Waals surface area contributed by atoms with Crippen LogP contribution in [-0.2, 0) is 0 Å². The molecule has 2 heteroatoms. The average Bonchev–Trinajstić information content (AvgIpc) is 3.72. The molecule has 0 bridgehead atoms. The van der Waals surface area contributed by atoms with Gasteiger partial charge in [0, 0.05) is 33.1 Å². The molecule has 0 atom stereocenters. The predicted octanol–water partition coefficient (Wildman–Crippen LogP) is 15.5. The minimum Gasteiger partial charge on any atom is -0.455 e. The van der Waals surface area contributed by atoms with E-state index in [4.69, 9.17) is 4.42 Å². The Balaban J connectivity index is 1.19. The summed E-state index contributed by atoms with van der Waals surface area (Å²) in [6.45, 7) is 0. The summed E-state index contributed by atoms with van der Waals surface area (Å²) in [5.74, 6) is 0. The molecule has 0 unspecified atom stereocenters. The van der Waals surface area contributed by atoms with Crippen LogP contribution in [0, 0.1) is 0 Å². The molecule has 0 spiro atoms. The summed E-state index contributed by atoms with van der Waals surface area (Å²) in [4.78, 5) is 1.39. The molecule has 11 aromatic rings. The molecule has 56 heavy (non-hydrogen) atoms. The van der Waals surface area contributed by atoms with E-state index in [1.807, 2.05) is 140 Å². The van der Waals surface area contributed by atoms with E-state index in [1.54, 1.807) is 24.3 Å². The lowest BCUT2D eigenvalue weighted by atomic mass is 9.96. The van der Waals surface area contributed by atoms with Crippen LogP contribution in [0.5, 0.6) is 0 Å². The number of anilines is 3. The van der Waals surface area contributed by atoms with Crippen molar-refractivity contribution < 1.29 is 15.4 Å². The van der Waals surface area contributed by atoms with E-state index in [1.165, 1.54) is 4.90 Å². The number of para-hydroxylation sites is 2. The van der Waals surface area contributed by atoms with Gasteiger partial charge in [-0.1, -0.05) is 158 Å². The van der Waals surface area contributed by atoms with Crippen molar-refractivity contribution in [1.29, 1.82) is 0 Å². The molecule has 10 aromatic carbocycles. The van der Waals surface area contributed by atoms with Gasteiger partial charge in [0.15, 0.2) is 0 Å². The molecule has 0 aliphatic heterocycles. The minimum absolute atomic E-state index is 0.105. The highest BCUT2D eigenvalue weighted by molar-refractivity contribution is 6.15. The molecule has 0 saturated heterocycles. The zero-order valence-corrected chi connectivity index (χ0v) is 29.9. The number of hydrogen-bond donors (Lipinski definition) is 0. The highest BCUT2D eigenvalue weighted by Gasteiger charge is 2.19. The first-order chi connectivity index (χ1) is 31.1. The molecule has 0 saturated carbocycles. The molecular formula is C54H35NO. The van der Waals surface area contributed by atoms with E-state index in [9.17, 15) is 11.0 Å². The van der Waals surface area contributed by atoms with Crippen molar-refractivity contribution >= 4 is 71.3 Å². The third-order valence-electron chi connectivity index (χ3n) is 10.6. The van der Waals surface area contributed by atoms with E-state index in [0.29, 0.717) is 33.5 Å². The summed E-state index contributed by atoms with van der Waals surface area (Å²) < 4.78 is 83.3. The quantitative estimate of drug-likeness (QED) is 0.170. The smallest absolute Gasteiger partial charge is 0.143 e. The molecule has 0 aliphatic carbocycles. The van der Waals surface area contributed by atoms with Gasteiger partial charge in [-0.3, -0.25) is 0 Å². The maximum absolute atomic E-state index is 9.73. The Morgan fingerprint density at radius 3 is 1.79 bits per heavy atom. The summed E-state index contributed by atoms with van der Waals surface area (Å²) in [5.41, 5.74) is 3.92. The van der Waals surface area contributed by atoms with Gasteiger partial charge in [0.1, 0.15) is 11.2 Å². The van der Waals surface area contributed by atoms with Crippen LogP contribution in [0.2, 0.25) is 0 Å². The second-order valence-corrected chi connectivity index (χ2v) is 13.9. The lowest BCUT2D eigenvalue weighted by Crippen LogP contribution is -2.11. The second-order valence-electron chi connectivity index (χ2n) is 13.9. The minimum atomic E-state index is -0.406. The fourth-order valence-electron chi connectivity index (χ4n) is 7.84. The van der Waals surface area contributed by atoms with Gasteiger partial charge in [0.25, 0.3) is 0 Å². The summed E-state index contributed by atoms with van der Waals surface area (Å²) >= 11 is 0. The van der Waals surface area contributed by atoms with E-state index in [0.717, 1.165) is 48.7 Å². The number of furan rings is 1. The zero-order chi connectivity index (χ0) is 44.0. The van der Waals surface area contributed by atoms with E-state index < -0.39 is 24.2 Å². The van der Waals surface area contributed by atoms with Gasteiger partial charge in [0.2, 0.25) is 0 Å². The van der Waals surface area contributed by atoms with Crippen LogP contribution in [0.25, 0.3) is 87.6 Å². The van der Waals surface area contributed by atoms with Crippen LogP contribution in [0.4, 0.5) is 17.1 Å². The fourth-order valence-corrected chi connectivity index (χ4v) is 7.84. The lowest BCUT2D eigenvalue weighted by Gasteiger charge is -2.28. The van der Waals surface area contributed by atoms with Gasteiger partial charge < -0.3 is 9.32 Å². The van der Waals surface area contributed by atoms with E-state index in [2.05, 4.69) is 0 Å². The van der Waals surface area contributed by atoms with Gasteiger partial charge >= 0.3 is 0 Å². The van der Waals surface area contributed by atoms with Crippen molar-refractivity contribution in [2.24, 2.45) is 0 Å². The van der Waals surface area contributed by atoms with Crippen molar-refractivity contribution in [3.63, 3.8) is 0 Å². The predicted molar refractivity (Wildman–Crippen MR) is 237 cm³/mol. The molecule has 0 aliphatic rings. The third-order valence-corrected chi connectivity index (χ3v) is 10.6. The molecular weight excluding hydrogens is 679 g/mol. The van der Waals surface area contributed by atoms with Crippen LogP contribution < -0.4 is 4.90 Å². The SMILES string of the molecule is [2H]c1c([2H])c(N(c2ccccc2-c2ccc3ccc4c5ccccc5oc4c3c2)c2c([2H])c([2H])c(-c3cccc4ccccc34)c([2H])c2[2H])c([2H])c([2H])c1-c1ccc2ccccc2c1. The van der Waals surface area contributed by atoms with Crippen molar-refractivity contribution in [2.75, 3.05) is 4.90 Å². The number of rotatable bonds is 6. The fraction of sp³-hybridized carbons (Fsp3) is 0. The molecule has 1 heterocycles. The largest absolute Gasteiger partial charge is 0.455 e. The van der Waals surface area contributed by atoms with Crippen molar-refractivity contribution in [3.8, 4) is 33.4 Å². The number of benzene rings is 10. The molecule has 0 amide bonds. The van der Waals surface area contributed by atoms with Gasteiger partial charge in [-0.2, -0.15) is 0 Å². The first-order valence-electron chi connectivity index (χ1n) is 22.5. The molecule has 0 N–H and O–H groups in total. The summed E-state index contributed by atoms with van der Waals surface area (Å²) in [6, 6.07) is 48.6. The van der Waals surface area contributed by atoms with Crippen LogP contribution in [-0.4, -0.2) is 0 Å². The monoisotopic (exact) mass is 721 g/mol. The van der Waals surface area contributed by atoms with Crippen LogP contribution >= 0.6 is 0 Å². The summed E-state index contributed by atoms with van der Waals surface area (Å²) in [5, 5.41) is 7.22. The topological polar surface area (TPSA) is 16.4 Å². The van der Waals surface area contributed by atoms with Crippen LogP contribution in [0.3, 0.4) is 0 Å². The number of hydrogen-bond acceptors (Lipinski definition) is 2. The van der Waals surface area contributed by atoms with Crippen LogP contribution in [0.15, 0.2) is 217 Å². The second kappa shape index (κ2) is 13.2. The Labute approximate surface area is 336 Å². The van der Waals surface area contributed by atoms with Crippen molar-refractivity contribution in [1.82, 2.24) is 0 Å². The zero-order valence-electron chi connectivity index (χ0n) is 37.9. The molecule has 262 valence electrons. The Morgan fingerprint density at radius 2 is 0.946 bits per heavy atom. The van der Waals surface area contributed by atoms with Gasteiger partial charge in [0.05, 0.1) is 16.7 Å². The van der Waals surface area contributed by atoms with Gasteiger partial charge in [-0.25, -0.2) is 0 Å². The average molecular weight is 722 g/mol. The first-order valence-corrected chi connectivity index (χ1v) is 18.5. The highest BCUT2D eigenvalue weighted by atomic mass is 16.3. The Morgan fingerprint density at radius 1 is 0.357 bits per heavy atom. The Kier molecular flexibility index (Phi) is 5.83. The third kappa shape index (κ3) is 5.42. The molecule has 0 fully saturated rings. The van der Waals surface area contributed by atoms with Gasteiger partial charge in [-0.15, -0.1) is 0 Å². The maximum Gasteiger partial charge on any atom is 0.143 e. The highest BCUT2D eigenvalue weighted by Crippen LogP contribution is 2.44. The number of fused-ring (bicyclic) bond motifs is 7. The van der Waals surface area contributed by atoms with Crippen molar-refractivity contribution in [3.05, 3.63) is 212 Å². The first kappa shape index (κ1) is 24.8. The maximum atomic E-state index is 9.73. The molecule has 0 radical (unpaired) electrons. The normalized spacial score (nSPS) is 13.6. The molecule has 1 aromatic heterocycles. The number of nitrogens with zero attached hydrogens (tertiary/aromatic N) is 1. The van der Waals surface area contributed by atoms with Gasteiger partial charge in [-0.05, 0) is 109 Å². The Hall–Kier alpha value is -7.42. The standard InChI is InChI=1S/C54H35NO/c1-2-12-41-34-42(22-20-36(41)10-1)37-24-29-44(30-25-37)55(45-31-26-39(27-32-45)47-17-9-13-38-11-3-4-14-46(38)47)52-18-7-5-15-48(52)43-23-21-40-28-33-50-49-16-6-8-19-53(49)56-54(50)51(40)35-43/h1-35H/i24D,25D,26D,27D,29D,30D,31D,32D. The summed E-state index contributed by atoms with van der Waals surface area (Å²) in [7, 11) is 0.